The molecule has 0 saturated heterocycles. The summed E-state index contributed by atoms with van der Waals surface area (Å²) in [6.07, 6.45) is 1.61. The van der Waals surface area contributed by atoms with E-state index in [0.717, 1.165) is 10.8 Å². The van der Waals surface area contributed by atoms with Crippen LogP contribution in [-0.4, -0.2) is 46.2 Å². The van der Waals surface area contributed by atoms with E-state index in [9.17, 15) is 14.4 Å². The first kappa shape index (κ1) is 24.1. The average Bonchev–Trinajstić information content (AvgIpc) is 2.92. The first-order valence-corrected chi connectivity index (χ1v) is 11.8. The maximum atomic E-state index is 13.4. The Morgan fingerprint density at radius 1 is 1.00 bits per heavy atom. The molecule has 0 spiro atoms. The third kappa shape index (κ3) is 4.52. The summed E-state index contributed by atoms with van der Waals surface area (Å²) in [5.41, 5.74) is 0.749. The fourth-order valence-corrected chi connectivity index (χ4v) is 4.23. The summed E-state index contributed by atoms with van der Waals surface area (Å²) in [7, 11) is 1.53. The molecule has 0 unspecified atom stereocenters. The van der Waals surface area contributed by atoms with Gasteiger partial charge in [0.2, 0.25) is 0 Å². The van der Waals surface area contributed by atoms with Gasteiger partial charge >= 0.3 is 5.97 Å². The predicted molar refractivity (Wildman–Crippen MR) is 139 cm³/mol. The van der Waals surface area contributed by atoms with Crippen LogP contribution in [0.3, 0.4) is 0 Å². The van der Waals surface area contributed by atoms with Crippen molar-refractivity contribution in [3.05, 3.63) is 99.9 Å². The minimum Gasteiger partial charge on any atom is -0.462 e. The zero-order chi connectivity index (χ0) is 25.9. The van der Waals surface area contributed by atoms with Gasteiger partial charge in [-0.2, -0.15) is 4.99 Å². The van der Waals surface area contributed by atoms with Crippen molar-refractivity contribution in [3.63, 3.8) is 0 Å². The first-order valence-electron chi connectivity index (χ1n) is 11.8. The lowest BCUT2D eigenvalue weighted by atomic mass is 10.1. The Balaban J connectivity index is 1.83. The molecule has 0 aliphatic carbocycles. The van der Waals surface area contributed by atoms with E-state index in [1.165, 1.54) is 17.6 Å². The number of amides is 1. The van der Waals surface area contributed by atoms with Gasteiger partial charge in [-0.1, -0.05) is 36.4 Å². The number of hydrogen-bond donors (Lipinski definition) is 0. The van der Waals surface area contributed by atoms with Crippen LogP contribution in [0.5, 0.6) is 0 Å². The van der Waals surface area contributed by atoms with Gasteiger partial charge in [-0.05, 0) is 48.0 Å². The molecule has 37 heavy (non-hydrogen) atoms. The van der Waals surface area contributed by atoms with Gasteiger partial charge in [0.25, 0.3) is 11.5 Å². The maximum absolute atomic E-state index is 13.4. The lowest BCUT2D eigenvalue weighted by Gasteiger charge is -2.15. The second kappa shape index (κ2) is 10.2. The summed E-state index contributed by atoms with van der Waals surface area (Å²) >= 11 is 0. The Morgan fingerprint density at radius 2 is 1.78 bits per heavy atom. The molecule has 0 aliphatic rings. The van der Waals surface area contributed by atoms with E-state index in [-0.39, 0.29) is 47.4 Å². The van der Waals surface area contributed by atoms with Gasteiger partial charge < -0.3 is 14.0 Å². The molecule has 0 bridgehead atoms. The molecule has 1 amide bonds. The van der Waals surface area contributed by atoms with Crippen LogP contribution < -0.4 is 11.0 Å². The number of benzene rings is 2. The Bertz CT molecular complexity index is 1800. The molecule has 0 radical (unpaired) electrons. The average molecular weight is 497 g/mol. The highest BCUT2D eigenvalue weighted by Gasteiger charge is 2.20. The minimum atomic E-state index is -0.696. The van der Waals surface area contributed by atoms with Crippen molar-refractivity contribution in [1.29, 1.82) is 0 Å². The zero-order valence-corrected chi connectivity index (χ0v) is 20.4. The molecule has 9 nitrogen and oxygen atoms in total. The van der Waals surface area contributed by atoms with E-state index >= 15 is 0 Å². The molecule has 3 aromatic heterocycles. The van der Waals surface area contributed by atoms with Crippen LogP contribution in [0, 0.1) is 0 Å². The van der Waals surface area contributed by atoms with E-state index in [4.69, 9.17) is 9.47 Å². The molecule has 5 aromatic rings. The zero-order valence-electron chi connectivity index (χ0n) is 20.4. The largest absolute Gasteiger partial charge is 0.462 e. The van der Waals surface area contributed by atoms with Crippen LogP contribution in [-0.2, 0) is 16.0 Å². The molecule has 186 valence electrons. The fraction of sp³-hybridized carbons (Fsp3) is 0.179. The summed E-state index contributed by atoms with van der Waals surface area (Å²) in [5.74, 6) is -1.24. The Labute approximate surface area is 211 Å². The van der Waals surface area contributed by atoms with Crippen LogP contribution in [0.2, 0.25) is 0 Å². The minimum absolute atomic E-state index is 0.00521. The maximum Gasteiger partial charge on any atom is 0.341 e. The number of carbonyl (C=O) groups is 2. The lowest BCUT2D eigenvalue weighted by molar-refractivity contribution is 0.0523. The molecule has 3 heterocycles. The van der Waals surface area contributed by atoms with E-state index < -0.39 is 11.9 Å². The van der Waals surface area contributed by atoms with Crippen LogP contribution in [0.15, 0.2) is 82.7 Å². The standard InChI is InChI=1S/C28H24N4O5/c1-3-37-28(35)22-17-21-24(29-23-10-6-7-13-31(23)27(21)34)32(14-15-36-2)25(22)30-26(33)20-12-11-18-8-4-5-9-19(18)16-20/h4-13,16-17H,3,14-15H2,1-2H3. The number of esters is 1. The quantitative estimate of drug-likeness (QED) is 0.264. The predicted octanol–water partition coefficient (Wildman–Crippen LogP) is 3.37. The van der Waals surface area contributed by atoms with Crippen LogP contribution >= 0.6 is 0 Å². The van der Waals surface area contributed by atoms with Crippen molar-refractivity contribution in [3.8, 4) is 0 Å². The van der Waals surface area contributed by atoms with Gasteiger partial charge in [0.15, 0.2) is 5.49 Å². The van der Waals surface area contributed by atoms with Crippen molar-refractivity contribution in [1.82, 2.24) is 14.0 Å². The number of nitrogens with zero attached hydrogens (tertiary/aromatic N) is 4. The molecule has 0 aliphatic heterocycles. The highest BCUT2D eigenvalue weighted by molar-refractivity contribution is 6.00. The van der Waals surface area contributed by atoms with Gasteiger partial charge in [-0.15, -0.1) is 0 Å². The molecule has 0 N–H and O–H groups in total. The van der Waals surface area contributed by atoms with Gasteiger partial charge in [-0.3, -0.25) is 14.0 Å². The highest BCUT2D eigenvalue weighted by atomic mass is 16.5. The fourth-order valence-electron chi connectivity index (χ4n) is 4.23. The first-order chi connectivity index (χ1) is 18.0. The molecule has 9 heteroatoms. The summed E-state index contributed by atoms with van der Waals surface area (Å²) in [6.45, 7) is 2.22. The van der Waals surface area contributed by atoms with E-state index in [2.05, 4.69) is 9.98 Å². The Morgan fingerprint density at radius 3 is 2.57 bits per heavy atom. The summed E-state index contributed by atoms with van der Waals surface area (Å²) in [6, 6.07) is 19.6. The molecule has 0 fully saturated rings. The topological polar surface area (TPSA) is 104 Å². The van der Waals surface area contributed by atoms with Crippen molar-refractivity contribution < 1.29 is 19.1 Å². The van der Waals surface area contributed by atoms with Crippen LogP contribution in [0.25, 0.3) is 27.5 Å². The monoisotopic (exact) mass is 496 g/mol. The second-order valence-corrected chi connectivity index (χ2v) is 8.31. The van der Waals surface area contributed by atoms with E-state index in [0.29, 0.717) is 11.2 Å². The Hall–Kier alpha value is -4.63. The molecular formula is C28H24N4O5. The summed E-state index contributed by atoms with van der Waals surface area (Å²) in [4.78, 5) is 48.8. The highest BCUT2D eigenvalue weighted by Crippen LogP contribution is 2.17. The number of rotatable bonds is 6. The molecular weight excluding hydrogens is 472 g/mol. The van der Waals surface area contributed by atoms with Gasteiger partial charge in [0.1, 0.15) is 16.9 Å². The molecule has 2 aromatic carbocycles. The van der Waals surface area contributed by atoms with E-state index in [1.807, 2.05) is 30.3 Å². The number of methoxy groups -OCH3 is 1. The van der Waals surface area contributed by atoms with Crippen molar-refractivity contribution in [2.45, 2.75) is 13.5 Å². The van der Waals surface area contributed by atoms with Crippen molar-refractivity contribution in [2.75, 3.05) is 20.3 Å². The summed E-state index contributed by atoms with van der Waals surface area (Å²) < 4.78 is 13.5. The van der Waals surface area contributed by atoms with Crippen molar-refractivity contribution in [2.24, 2.45) is 4.99 Å². The van der Waals surface area contributed by atoms with Crippen LogP contribution in [0.4, 0.5) is 0 Å². The van der Waals surface area contributed by atoms with Crippen molar-refractivity contribution >= 4 is 39.3 Å². The molecule has 5 rings (SSSR count). The van der Waals surface area contributed by atoms with Gasteiger partial charge in [-0.25, -0.2) is 9.78 Å². The number of ether oxygens (including phenoxy) is 2. The number of hydrogen-bond acceptors (Lipinski definition) is 6. The second-order valence-electron chi connectivity index (χ2n) is 8.31. The SMILES string of the molecule is CCOC(=O)c1cc2c(=O)n3ccccc3nc2n(CCOC)c1=NC(=O)c1ccc2ccccc2c1. The molecule has 0 saturated carbocycles. The smallest absolute Gasteiger partial charge is 0.341 e. The number of carbonyl (C=O) groups excluding carboxylic acids is 2. The van der Waals surface area contributed by atoms with E-state index in [1.54, 1.807) is 48.0 Å². The lowest BCUT2D eigenvalue weighted by Crippen LogP contribution is -2.33. The van der Waals surface area contributed by atoms with Gasteiger partial charge in [0.05, 0.1) is 18.6 Å². The number of aromatic nitrogens is 3. The third-order valence-electron chi connectivity index (χ3n) is 6.01. The number of fused-ring (bicyclic) bond motifs is 3. The molecule has 0 atom stereocenters. The Kier molecular flexibility index (Phi) is 6.61. The van der Waals surface area contributed by atoms with Crippen LogP contribution in [0.1, 0.15) is 27.6 Å². The normalized spacial score (nSPS) is 11.9. The number of pyridine rings is 2. The summed E-state index contributed by atoms with van der Waals surface area (Å²) in [5, 5.41) is 2.07. The third-order valence-corrected chi connectivity index (χ3v) is 6.01. The van der Waals surface area contributed by atoms with Gasteiger partial charge in [0, 0.05) is 25.4 Å².